The maximum Gasteiger partial charge on any atom is 0.0541 e. The molecule has 116 valence electrons. The third-order valence-electron chi connectivity index (χ3n) is 5.37. The van der Waals surface area contributed by atoms with Crippen LogP contribution in [-0.2, 0) is 0 Å². The Balaban J connectivity index is 2.15. The van der Waals surface area contributed by atoms with Gasteiger partial charge in [0.05, 0.1) is 11.0 Å². The lowest BCUT2D eigenvalue weighted by Gasteiger charge is -2.15. The molecule has 1 heteroatoms. The molecule has 0 unspecified atom stereocenters. The highest BCUT2D eigenvalue weighted by Gasteiger charge is 2.14. The van der Waals surface area contributed by atoms with Gasteiger partial charge in [-0.3, -0.25) is 0 Å². The molecule has 0 N–H and O–H groups in total. The molecule has 0 spiro atoms. The molecule has 2 aromatic heterocycles. The van der Waals surface area contributed by atoms with Crippen LogP contribution in [0.3, 0.4) is 0 Å². The number of rotatable bonds is 0. The van der Waals surface area contributed by atoms with Gasteiger partial charge in [0.1, 0.15) is 0 Å². The lowest BCUT2D eigenvalue weighted by Crippen LogP contribution is -1.91. The smallest absolute Gasteiger partial charge is 0.0541 e. The summed E-state index contributed by atoms with van der Waals surface area (Å²) in [6, 6.07) is 30.7. The van der Waals surface area contributed by atoms with Crippen molar-refractivity contribution >= 4 is 48.7 Å². The molecular weight excluding hydrogens is 302 g/mol. The van der Waals surface area contributed by atoms with Gasteiger partial charge in [0.2, 0.25) is 0 Å². The van der Waals surface area contributed by atoms with E-state index < -0.39 is 0 Å². The molecule has 0 aliphatic heterocycles. The van der Waals surface area contributed by atoms with Gasteiger partial charge in [-0.2, -0.15) is 0 Å². The van der Waals surface area contributed by atoms with Crippen LogP contribution in [0.15, 0.2) is 91.1 Å². The van der Waals surface area contributed by atoms with Gasteiger partial charge in [-0.25, -0.2) is 0 Å². The zero-order valence-electron chi connectivity index (χ0n) is 13.6. The van der Waals surface area contributed by atoms with Gasteiger partial charge < -0.3 is 4.40 Å². The van der Waals surface area contributed by atoms with Crippen LogP contribution >= 0.6 is 0 Å². The maximum absolute atomic E-state index is 2.32. The topological polar surface area (TPSA) is 4.41 Å². The van der Waals surface area contributed by atoms with Gasteiger partial charge >= 0.3 is 0 Å². The number of hydrogen-bond acceptors (Lipinski definition) is 0. The fourth-order valence-electron chi connectivity index (χ4n) is 4.38. The number of pyridine rings is 1. The lowest BCUT2D eigenvalue weighted by molar-refractivity contribution is 1.29. The van der Waals surface area contributed by atoms with Crippen LogP contribution in [0.4, 0.5) is 0 Å². The van der Waals surface area contributed by atoms with Gasteiger partial charge in [-0.05, 0) is 39.7 Å². The predicted molar refractivity (Wildman–Crippen MR) is 107 cm³/mol. The van der Waals surface area contributed by atoms with E-state index in [9.17, 15) is 0 Å². The van der Waals surface area contributed by atoms with Crippen LogP contribution < -0.4 is 0 Å². The van der Waals surface area contributed by atoms with Crippen LogP contribution in [-0.4, -0.2) is 4.40 Å². The molecule has 6 rings (SSSR count). The molecule has 0 saturated carbocycles. The molecule has 0 saturated heterocycles. The van der Waals surface area contributed by atoms with E-state index in [0.717, 1.165) is 0 Å². The Morgan fingerprint density at radius 2 is 0.920 bits per heavy atom. The third kappa shape index (κ3) is 1.58. The van der Waals surface area contributed by atoms with Crippen LogP contribution in [0.25, 0.3) is 48.7 Å². The second-order valence-corrected chi connectivity index (χ2v) is 6.62. The van der Waals surface area contributed by atoms with Crippen LogP contribution in [0.1, 0.15) is 0 Å². The predicted octanol–water partition coefficient (Wildman–Crippen LogP) is 6.55. The highest BCUT2D eigenvalue weighted by Crippen LogP contribution is 2.40. The van der Waals surface area contributed by atoms with E-state index in [-0.39, 0.29) is 0 Å². The largest absolute Gasteiger partial charge is 0.316 e. The molecule has 25 heavy (non-hydrogen) atoms. The number of benzene rings is 4. The van der Waals surface area contributed by atoms with E-state index in [4.69, 9.17) is 0 Å². The minimum absolute atomic E-state index is 1.26. The van der Waals surface area contributed by atoms with Gasteiger partial charge in [-0.15, -0.1) is 0 Å². The Morgan fingerprint density at radius 3 is 1.64 bits per heavy atom. The zero-order chi connectivity index (χ0) is 16.4. The van der Waals surface area contributed by atoms with E-state index in [1.54, 1.807) is 0 Å². The van der Waals surface area contributed by atoms with Crippen molar-refractivity contribution in [2.24, 2.45) is 0 Å². The first-order valence-electron chi connectivity index (χ1n) is 8.64. The molecule has 0 fully saturated rings. The van der Waals surface area contributed by atoms with Crippen LogP contribution in [0.2, 0.25) is 0 Å². The molecule has 0 bridgehead atoms. The fraction of sp³-hybridized carbons (Fsp3) is 0. The number of nitrogens with zero attached hydrogens (tertiary/aromatic N) is 1. The van der Waals surface area contributed by atoms with Crippen molar-refractivity contribution in [1.29, 1.82) is 0 Å². The molecule has 4 aromatic carbocycles. The summed E-state index contributed by atoms with van der Waals surface area (Å²) in [5.41, 5.74) is 2.53. The van der Waals surface area contributed by atoms with Gasteiger partial charge in [0, 0.05) is 22.4 Å². The quantitative estimate of drug-likeness (QED) is 0.280. The minimum Gasteiger partial charge on any atom is -0.316 e. The Labute approximate surface area is 144 Å². The summed E-state index contributed by atoms with van der Waals surface area (Å²) in [7, 11) is 0. The van der Waals surface area contributed by atoms with Crippen molar-refractivity contribution in [2.45, 2.75) is 0 Å². The third-order valence-corrected chi connectivity index (χ3v) is 5.37. The van der Waals surface area contributed by atoms with Crippen molar-refractivity contribution in [3.63, 3.8) is 0 Å². The standard InChI is InChI=1S/C24H15N/c1-3-10-18-16(8-1)17-9-2-4-11-19(17)24-22-14-7-15-25(22)21-13-6-5-12-20(21)23(18)24/h1-15H. The van der Waals surface area contributed by atoms with Crippen LogP contribution in [0, 0.1) is 0 Å². The van der Waals surface area contributed by atoms with Crippen molar-refractivity contribution in [3.8, 4) is 0 Å². The molecule has 0 aliphatic carbocycles. The minimum atomic E-state index is 1.26. The Bertz CT molecular complexity index is 1430. The number of aromatic nitrogens is 1. The first kappa shape index (κ1) is 13.0. The molecule has 0 aliphatic rings. The molecular formula is C24H15N. The normalized spacial score (nSPS) is 12.0. The van der Waals surface area contributed by atoms with Gasteiger partial charge in [-0.1, -0.05) is 66.7 Å². The molecule has 6 aromatic rings. The molecule has 0 radical (unpaired) electrons. The molecule has 0 amide bonds. The SMILES string of the molecule is c1ccc2c(c1)c1ccccc1c1c2c2ccccc2n2cccc12. The summed E-state index contributed by atoms with van der Waals surface area (Å²) in [6.07, 6.45) is 2.17. The van der Waals surface area contributed by atoms with E-state index in [0.29, 0.717) is 0 Å². The Kier molecular flexibility index (Phi) is 2.40. The summed E-state index contributed by atoms with van der Waals surface area (Å²) < 4.78 is 2.32. The average molecular weight is 317 g/mol. The van der Waals surface area contributed by atoms with Crippen LogP contribution in [0.5, 0.6) is 0 Å². The fourth-order valence-corrected chi connectivity index (χ4v) is 4.38. The first-order valence-corrected chi connectivity index (χ1v) is 8.64. The van der Waals surface area contributed by atoms with E-state index >= 15 is 0 Å². The second-order valence-electron chi connectivity index (χ2n) is 6.62. The lowest BCUT2D eigenvalue weighted by atomic mass is 9.92. The monoisotopic (exact) mass is 317 g/mol. The summed E-state index contributed by atoms with van der Waals surface area (Å²) >= 11 is 0. The van der Waals surface area contributed by atoms with E-state index in [1.807, 2.05) is 0 Å². The second kappa shape index (κ2) is 4.61. The van der Waals surface area contributed by atoms with Crippen molar-refractivity contribution < 1.29 is 0 Å². The first-order chi connectivity index (χ1) is 12.4. The van der Waals surface area contributed by atoms with E-state index in [2.05, 4.69) is 95.5 Å². The molecule has 1 nitrogen and oxygen atoms in total. The van der Waals surface area contributed by atoms with Gasteiger partial charge in [0.25, 0.3) is 0 Å². The van der Waals surface area contributed by atoms with Crippen molar-refractivity contribution in [2.75, 3.05) is 0 Å². The van der Waals surface area contributed by atoms with Gasteiger partial charge in [0.15, 0.2) is 0 Å². The highest BCUT2D eigenvalue weighted by molar-refractivity contribution is 6.34. The maximum atomic E-state index is 2.32. The summed E-state index contributed by atoms with van der Waals surface area (Å²) in [6.45, 7) is 0. The Morgan fingerprint density at radius 1 is 0.400 bits per heavy atom. The average Bonchev–Trinajstić information content (AvgIpc) is 3.17. The number of para-hydroxylation sites is 1. The zero-order valence-corrected chi connectivity index (χ0v) is 13.6. The molecule has 2 heterocycles. The number of hydrogen-bond donors (Lipinski definition) is 0. The Hall–Kier alpha value is -3.32. The summed E-state index contributed by atoms with van der Waals surface area (Å²) in [4.78, 5) is 0. The van der Waals surface area contributed by atoms with Crippen molar-refractivity contribution in [1.82, 2.24) is 4.40 Å². The van der Waals surface area contributed by atoms with E-state index in [1.165, 1.54) is 48.7 Å². The summed E-state index contributed by atoms with van der Waals surface area (Å²) in [5.74, 6) is 0. The molecule has 0 atom stereocenters. The summed E-state index contributed by atoms with van der Waals surface area (Å²) in [5, 5.41) is 9.31. The highest BCUT2D eigenvalue weighted by atomic mass is 14.9. The van der Waals surface area contributed by atoms with Crippen molar-refractivity contribution in [3.05, 3.63) is 91.1 Å². The number of fused-ring (bicyclic) bond motifs is 11.